The fourth-order valence-electron chi connectivity index (χ4n) is 1.53. The molecular weight excluding hydrogens is 224 g/mol. The molecular formula is C12H19ClN2O. The highest BCUT2D eigenvalue weighted by Crippen LogP contribution is 2.15. The Morgan fingerprint density at radius 1 is 1.44 bits per heavy atom. The maximum absolute atomic E-state index is 5.91. The number of nitrogens with zero attached hydrogens (tertiary/aromatic N) is 1. The molecule has 1 N–H and O–H groups in total. The highest BCUT2D eigenvalue weighted by molar-refractivity contribution is 6.18. The van der Waals surface area contributed by atoms with Crippen molar-refractivity contribution in [2.45, 2.75) is 26.3 Å². The Morgan fingerprint density at radius 2 is 2.19 bits per heavy atom. The van der Waals surface area contributed by atoms with Crippen LogP contribution in [0.5, 0.6) is 5.75 Å². The first-order valence-corrected chi connectivity index (χ1v) is 6.01. The number of hydrogen-bond donors (Lipinski definition) is 1. The minimum atomic E-state index is 0.266. The summed E-state index contributed by atoms with van der Waals surface area (Å²) in [5, 5.41) is 3.31. The number of methoxy groups -OCH3 is 1. The third-order valence-electron chi connectivity index (χ3n) is 2.27. The van der Waals surface area contributed by atoms with E-state index in [0.29, 0.717) is 11.8 Å². The summed E-state index contributed by atoms with van der Waals surface area (Å²) in [5.74, 6) is 2.81. The smallest absolute Gasteiger partial charge is 0.137 e. The summed E-state index contributed by atoms with van der Waals surface area (Å²) >= 11 is 5.91. The van der Waals surface area contributed by atoms with E-state index in [2.05, 4.69) is 24.1 Å². The van der Waals surface area contributed by atoms with Crippen LogP contribution in [0.4, 0.5) is 5.82 Å². The van der Waals surface area contributed by atoms with Crippen molar-refractivity contribution in [1.29, 1.82) is 0 Å². The maximum atomic E-state index is 5.91. The molecule has 0 spiro atoms. The van der Waals surface area contributed by atoms with Gasteiger partial charge in [-0.25, -0.2) is 4.98 Å². The molecule has 0 saturated carbocycles. The van der Waals surface area contributed by atoms with Gasteiger partial charge in [-0.3, -0.25) is 0 Å². The summed E-state index contributed by atoms with van der Waals surface area (Å²) in [4.78, 5) is 4.25. The predicted molar refractivity (Wildman–Crippen MR) is 68.4 cm³/mol. The van der Waals surface area contributed by atoms with Crippen molar-refractivity contribution in [3.63, 3.8) is 0 Å². The van der Waals surface area contributed by atoms with Crippen LogP contribution in [0.1, 0.15) is 20.3 Å². The first-order valence-electron chi connectivity index (χ1n) is 5.48. The van der Waals surface area contributed by atoms with E-state index in [-0.39, 0.29) is 6.04 Å². The van der Waals surface area contributed by atoms with E-state index in [4.69, 9.17) is 16.3 Å². The lowest BCUT2D eigenvalue weighted by atomic mass is 10.1. The van der Waals surface area contributed by atoms with Gasteiger partial charge in [-0.1, -0.05) is 13.8 Å². The maximum Gasteiger partial charge on any atom is 0.137 e. The number of hydrogen-bond acceptors (Lipinski definition) is 3. The third kappa shape index (κ3) is 4.27. The number of pyridine rings is 1. The molecule has 0 aliphatic rings. The van der Waals surface area contributed by atoms with Crippen LogP contribution in [0.15, 0.2) is 18.3 Å². The molecule has 0 bridgehead atoms. The Kier molecular flexibility index (Phi) is 5.39. The molecule has 1 atom stereocenters. The van der Waals surface area contributed by atoms with Crippen molar-refractivity contribution in [3.05, 3.63) is 18.3 Å². The van der Waals surface area contributed by atoms with Crippen LogP contribution in [0.2, 0.25) is 0 Å². The first kappa shape index (κ1) is 13.1. The summed E-state index contributed by atoms with van der Waals surface area (Å²) in [6.07, 6.45) is 2.74. The van der Waals surface area contributed by atoms with Crippen molar-refractivity contribution in [2.75, 3.05) is 18.3 Å². The number of ether oxygens (including phenoxy) is 1. The average molecular weight is 243 g/mol. The van der Waals surface area contributed by atoms with Crippen LogP contribution in [-0.2, 0) is 0 Å². The molecule has 0 saturated heterocycles. The number of halogens is 1. The zero-order valence-electron chi connectivity index (χ0n) is 10.0. The van der Waals surface area contributed by atoms with Gasteiger partial charge in [0.25, 0.3) is 0 Å². The van der Waals surface area contributed by atoms with Gasteiger partial charge in [-0.2, -0.15) is 0 Å². The average Bonchev–Trinajstić information content (AvgIpc) is 2.28. The number of rotatable bonds is 6. The molecule has 1 aromatic heterocycles. The molecule has 1 rings (SSSR count). The van der Waals surface area contributed by atoms with Crippen LogP contribution in [-0.4, -0.2) is 24.0 Å². The Bertz CT molecular complexity index is 300. The van der Waals surface area contributed by atoms with Gasteiger partial charge in [-0.05, 0) is 24.5 Å². The van der Waals surface area contributed by atoms with E-state index in [1.165, 1.54) is 0 Å². The van der Waals surface area contributed by atoms with E-state index in [1.807, 2.05) is 12.1 Å². The van der Waals surface area contributed by atoms with E-state index >= 15 is 0 Å². The van der Waals surface area contributed by atoms with Crippen LogP contribution < -0.4 is 10.1 Å². The van der Waals surface area contributed by atoms with Crippen molar-refractivity contribution >= 4 is 17.4 Å². The van der Waals surface area contributed by atoms with E-state index < -0.39 is 0 Å². The Hall–Kier alpha value is -0.960. The SMILES string of the molecule is COc1ccc(NC(CCl)CC(C)C)nc1. The molecule has 4 heteroatoms. The van der Waals surface area contributed by atoms with Gasteiger partial charge in [0.15, 0.2) is 0 Å². The fraction of sp³-hybridized carbons (Fsp3) is 0.583. The van der Waals surface area contributed by atoms with Gasteiger partial charge in [0, 0.05) is 11.9 Å². The highest BCUT2D eigenvalue weighted by atomic mass is 35.5. The lowest BCUT2D eigenvalue weighted by Crippen LogP contribution is -2.23. The molecule has 0 aromatic carbocycles. The Morgan fingerprint density at radius 3 is 2.62 bits per heavy atom. The summed E-state index contributed by atoms with van der Waals surface area (Å²) in [5.41, 5.74) is 0. The zero-order valence-corrected chi connectivity index (χ0v) is 10.8. The molecule has 0 aliphatic heterocycles. The monoisotopic (exact) mass is 242 g/mol. The lowest BCUT2D eigenvalue weighted by molar-refractivity contribution is 0.413. The van der Waals surface area contributed by atoms with Gasteiger partial charge in [0.2, 0.25) is 0 Å². The predicted octanol–water partition coefficient (Wildman–Crippen LogP) is 3.16. The van der Waals surface area contributed by atoms with Gasteiger partial charge >= 0.3 is 0 Å². The number of anilines is 1. The molecule has 16 heavy (non-hydrogen) atoms. The van der Waals surface area contributed by atoms with Crippen molar-refractivity contribution in [2.24, 2.45) is 5.92 Å². The summed E-state index contributed by atoms with van der Waals surface area (Å²) < 4.78 is 5.05. The van der Waals surface area contributed by atoms with Crippen LogP contribution in [0.25, 0.3) is 0 Å². The van der Waals surface area contributed by atoms with Gasteiger partial charge in [-0.15, -0.1) is 11.6 Å². The summed E-state index contributed by atoms with van der Waals surface area (Å²) in [6.45, 7) is 4.37. The summed E-state index contributed by atoms with van der Waals surface area (Å²) in [6, 6.07) is 4.05. The fourth-order valence-corrected chi connectivity index (χ4v) is 1.73. The zero-order chi connectivity index (χ0) is 12.0. The second-order valence-electron chi connectivity index (χ2n) is 4.21. The molecule has 1 unspecified atom stereocenters. The van der Waals surface area contributed by atoms with E-state index in [9.17, 15) is 0 Å². The number of aromatic nitrogens is 1. The third-order valence-corrected chi connectivity index (χ3v) is 2.64. The standard InChI is InChI=1S/C12H19ClN2O/c1-9(2)6-10(7-13)15-12-5-4-11(16-3)8-14-12/h4-5,8-10H,6-7H2,1-3H3,(H,14,15). The second-order valence-corrected chi connectivity index (χ2v) is 4.52. The lowest BCUT2D eigenvalue weighted by Gasteiger charge is -2.18. The Balaban J connectivity index is 2.56. The molecule has 0 fully saturated rings. The molecule has 1 heterocycles. The van der Waals surface area contributed by atoms with Gasteiger partial charge in [0.05, 0.1) is 13.3 Å². The Labute approximate surface area is 102 Å². The van der Waals surface area contributed by atoms with E-state index in [0.717, 1.165) is 18.0 Å². The topological polar surface area (TPSA) is 34.1 Å². The molecule has 3 nitrogen and oxygen atoms in total. The number of nitrogens with one attached hydrogen (secondary N) is 1. The molecule has 0 radical (unpaired) electrons. The number of alkyl halides is 1. The van der Waals surface area contributed by atoms with E-state index in [1.54, 1.807) is 13.3 Å². The minimum absolute atomic E-state index is 0.266. The highest BCUT2D eigenvalue weighted by Gasteiger charge is 2.09. The minimum Gasteiger partial charge on any atom is -0.495 e. The quantitative estimate of drug-likeness (QED) is 0.779. The normalized spacial score (nSPS) is 12.6. The van der Waals surface area contributed by atoms with Crippen LogP contribution >= 0.6 is 11.6 Å². The van der Waals surface area contributed by atoms with Crippen LogP contribution in [0.3, 0.4) is 0 Å². The van der Waals surface area contributed by atoms with Crippen molar-refractivity contribution in [1.82, 2.24) is 4.98 Å². The second kappa shape index (κ2) is 6.59. The molecule has 1 aromatic rings. The largest absolute Gasteiger partial charge is 0.495 e. The first-order chi connectivity index (χ1) is 7.65. The van der Waals surface area contributed by atoms with Crippen molar-refractivity contribution in [3.8, 4) is 5.75 Å². The molecule has 0 amide bonds. The van der Waals surface area contributed by atoms with Gasteiger partial charge < -0.3 is 10.1 Å². The molecule has 90 valence electrons. The van der Waals surface area contributed by atoms with Crippen molar-refractivity contribution < 1.29 is 4.74 Å². The van der Waals surface area contributed by atoms with Crippen LogP contribution in [0, 0.1) is 5.92 Å². The summed E-state index contributed by atoms with van der Waals surface area (Å²) in [7, 11) is 1.63. The molecule has 0 aliphatic carbocycles. The van der Waals surface area contributed by atoms with Gasteiger partial charge in [0.1, 0.15) is 11.6 Å².